The summed E-state index contributed by atoms with van der Waals surface area (Å²) in [5.74, 6) is 0. The highest BCUT2D eigenvalue weighted by atomic mass is 15.4. The summed E-state index contributed by atoms with van der Waals surface area (Å²) in [5.41, 5.74) is 1.01. The Balaban J connectivity index is 1.86. The molecule has 0 bridgehead atoms. The van der Waals surface area contributed by atoms with Crippen LogP contribution < -0.4 is 5.32 Å². The molecule has 1 aliphatic rings. The molecule has 2 unspecified atom stereocenters. The average molecular weight is 251 g/mol. The van der Waals surface area contributed by atoms with Crippen LogP contribution in [-0.4, -0.2) is 45.6 Å². The topological polar surface area (TPSA) is 46.0 Å². The first-order chi connectivity index (χ1) is 8.74. The second-order valence-electron chi connectivity index (χ2n) is 5.23. The molecule has 1 aromatic heterocycles. The first-order valence-electron chi connectivity index (χ1n) is 7.04. The van der Waals surface area contributed by atoms with Crippen LogP contribution in [0.3, 0.4) is 0 Å². The van der Waals surface area contributed by atoms with Crippen molar-refractivity contribution < 1.29 is 0 Å². The number of hydrogen-bond donors (Lipinski definition) is 1. The molecule has 0 radical (unpaired) electrons. The molecule has 5 nitrogen and oxygen atoms in total. The van der Waals surface area contributed by atoms with Crippen molar-refractivity contribution in [2.75, 3.05) is 13.6 Å². The number of nitrogens with one attached hydrogen (secondary N) is 1. The van der Waals surface area contributed by atoms with Gasteiger partial charge in [0.05, 0.1) is 12.2 Å². The van der Waals surface area contributed by atoms with Crippen molar-refractivity contribution in [1.29, 1.82) is 0 Å². The van der Waals surface area contributed by atoms with Crippen LogP contribution in [-0.2, 0) is 13.1 Å². The number of likely N-dealkylation sites (tertiary alicyclic amines) is 1. The number of hydrogen-bond acceptors (Lipinski definition) is 4. The van der Waals surface area contributed by atoms with E-state index in [2.05, 4.69) is 34.4 Å². The Bertz CT molecular complexity index is 362. The smallest absolute Gasteiger partial charge is 0.0964 e. The Morgan fingerprint density at radius 2 is 2.22 bits per heavy atom. The SMILES string of the molecule is CCC1CCC(C)N1CCn1cc(CNC)nn1. The van der Waals surface area contributed by atoms with Gasteiger partial charge in [-0.05, 0) is 33.2 Å². The zero-order chi connectivity index (χ0) is 13.0. The third-order valence-electron chi connectivity index (χ3n) is 3.96. The molecule has 5 heteroatoms. The molecule has 18 heavy (non-hydrogen) atoms. The standard InChI is InChI=1S/C13H25N5/c1-4-13-6-5-11(2)18(13)8-7-17-10-12(9-14-3)15-16-17/h10-11,13-14H,4-9H2,1-3H3. The number of nitrogens with zero attached hydrogens (tertiary/aromatic N) is 4. The van der Waals surface area contributed by atoms with E-state index in [1.54, 1.807) is 0 Å². The lowest BCUT2D eigenvalue weighted by molar-refractivity contribution is 0.188. The highest BCUT2D eigenvalue weighted by Gasteiger charge is 2.28. The molecule has 1 aromatic rings. The second-order valence-corrected chi connectivity index (χ2v) is 5.23. The van der Waals surface area contributed by atoms with Gasteiger partial charge < -0.3 is 5.32 Å². The maximum absolute atomic E-state index is 4.17. The van der Waals surface area contributed by atoms with Gasteiger partial charge in [0.2, 0.25) is 0 Å². The largest absolute Gasteiger partial charge is 0.314 e. The first-order valence-corrected chi connectivity index (χ1v) is 7.04. The summed E-state index contributed by atoms with van der Waals surface area (Å²) >= 11 is 0. The molecule has 2 rings (SSSR count). The van der Waals surface area contributed by atoms with E-state index in [-0.39, 0.29) is 0 Å². The molecule has 0 spiro atoms. The number of rotatable bonds is 6. The van der Waals surface area contributed by atoms with Crippen LogP contribution in [0.5, 0.6) is 0 Å². The second kappa shape index (κ2) is 6.29. The van der Waals surface area contributed by atoms with Gasteiger partial charge in [-0.1, -0.05) is 12.1 Å². The summed E-state index contributed by atoms with van der Waals surface area (Å²) in [7, 11) is 1.93. The van der Waals surface area contributed by atoms with Gasteiger partial charge in [0.15, 0.2) is 0 Å². The highest BCUT2D eigenvalue weighted by Crippen LogP contribution is 2.25. The maximum Gasteiger partial charge on any atom is 0.0964 e. The van der Waals surface area contributed by atoms with Crippen LogP contribution >= 0.6 is 0 Å². The van der Waals surface area contributed by atoms with Crippen LogP contribution in [0.25, 0.3) is 0 Å². The quantitative estimate of drug-likeness (QED) is 0.827. The van der Waals surface area contributed by atoms with Crippen molar-refractivity contribution in [3.8, 4) is 0 Å². The van der Waals surface area contributed by atoms with Crippen molar-refractivity contribution in [3.63, 3.8) is 0 Å². The Labute approximate surface area is 110 Å². The first kappa shape index (κ1) is 13.5. The molecule has 0 aromatic carbocycles. The summed E-state index contributed by atoms with van der Waals surface area (Å²) in [6.45, 7) is 7.44. The van der Waals surface area contributed by atoms with Gasteiger partial charge in [-0.3, -0.25) is 9.58 Å². The molecule has 1 saturated heterocycles. The predicted octanol–water partition coefficient (Wildman–Crippen LogP) is 1.26. The van der Waals surface area contributed by atoms with Gasteiger partial charge in [-0.15, -0.1) is 5.10 Å². The Morgan fingerprint density at radius 1 is 1.39 bits per heavy atom. The molecule has 102 valence electrons. The van der Waals surface area contributed by atoms with Crippen LogP contribution in [0.2, 0.25) is 0 Å². The van der Waals surface area contributed by atoms with E-state index < -0.39 is 0 Å². The molecule has 0 amide bonds. The van der Waals surface area contributed by atoms with E-state index in [0.717, 1.165) is 37.4 Å². The minimum absolute atomic E-state index is 0.718. The van der Waals surface area contributed by atoms with Crippen molar-refractivity contribution >= 4 is 0 Å². The molecule has 1 N–H and O–H groups in total. The summed E-state index contributed by atoms with van der Waals surface area (Å²) in [5, 5.41) is 11.4. The third-order valence-corrected chi connectivity index (χ3v) is 3.96. The van der Waals surface area contributed by atoms with Crippen molar-refractivity contribution in [2.24, 2.45) is 0 Å². The average Bonchev–Trinajstić information content (AvgIpc) is 2.94. The van der Waals surface area contributed by atoms with E-state index in [0.29, 0.717) is 0 Å². The number of aromatic nitrogens is 3. The lowest BCUT2D eigenvalue weighted by Crippen LogP contribution is -2.36. The highest BCUT2D eigenvalue weighted by molar-refractivity contribution is 4.91. The van der Waals surface area contributed by atoms with Gasteiger partial charge in [-0.25, -0.2) is 0 Å². The minimum atomic E-state index is 0.718. The zero-order valence-corrected chi connectivity index (χ0v) is 11.8. The fraction of sp³-hybridized carbons (Fsp3) is 0.846. The van der Waals surface area contributed by atoms with Crippen molar-refractivity contribution in [3.05, 3.63) is 11.9 Å². The molecular formula is C13H25N5. The van der Waals surface area contributed by atoms with Crippen molar-refractivity contribution in [1.82, 2.24) is 25.2 Å². The third kappa shape index (κ3) is 3.09. The predicted molar refractivity (Wildman–Crippen MR) is 72.3 cm³/mol. The Hall–Kier alpha value is -0.940. The molecule has 2 atom stereocenters. The molecule has 2 heterocycles. The maximum atomic E-state index is 4.17. The Morgan fingerprint density at radius 3 is 2.94 bits per heavy atom. The fourth-order valence-corrected chi connectivity index (χ4v) is 2.89. The fourth-order valence-electron chi connectivity index (χ4n) is 2.89. The van der Waals surface area contributed by atoms with E-state index in [1.807, 2.05) is 17.9 Å². The normalized spacial score (nSPS) is 24.8. The van der Waals surface area contributed by atoms with Gasteiger partial charge >= 0.3 is 0 Å². The van der Waals surface area contributed by atoms with Crippen LogP contribution in [0.1, 0.15) is 38.8 Å². The van der Waals surface area contributed by atoms with E-state index in [4.69, 9.17) is 0 Å². The van der Waals surface area contributed by atoms with Gasteiger partial charge in [0, 0.05) is 31.4 Å². The van der Waals surface area contributed by atoms with E-state index in [1.165, 1.54) is 19.3 Å². The minimum Gasteiger partial charge on any atom is -0.314 e. The van der Waals surface area contributed by atoms with E-state index >= 15 is 0 Å². The summed E-state index contributed by atoms with van der Waals surface area (Å²) in [6.07, 6.45) is 5.98. The van der Waals surface area contributed by atoms with Gasteiger partial charge in [0.1, 0.15) is 0 Å². The lowest BCUT2D eigenvalue weighted by Gasteiger charge is -2.27. The monoisotopic (exact) mass is 251 g/mol. The van der Waals surface area contributed by atoms with Crippen LogP contribution in [0, 0.1) is 0 Å². The van der Waals surface area contributed by atoms with E-state index in [9.17, 15) is 0 Å². The molecule has 0 aliphatic carbocycles. The van der Waals surface area contributed by atoms with Gasteiger partial charge in [-0.2, -0.15) is 0 Å². The molecular weight excluding hydrogens is 226 g/mol. The molecule has 0 saturated carbocycles. The lowest BCUT2D eigenvalue weighted by atomic mass is 10.1. The summed E-state index contributed by atoms with van der Waals surface area (Å²) in [6, 6.07) is 1.48. The molecule has 1 fully saturated rings. The van der Waals surface area contributed by atoms with Gasteiger partial charge in [0.25, 0.3) is 0 Å². The Kier molecular flexibility index (Phi) is 4.72. The molecule has 1 aliphatic heterocycles. The summed E-state index contributed by atoms with van der Waals surface area (Å²) < 4.78 is 1.96. The van der Waals surface area contributed by atoms with Crippen molar-refractivity contribution in [2.45, 2.75) is 58.3 Å². The van der Waals surface area contributed by atoms with Crippen LogP contribution in [0.4, 0.5) is 0 Å². The zero-order valence-electron chi connectivity index (χ0n) is 11.8. The van der Waals surface area contributed by atoms with Crippen LogP contribution in [0.15, 0.2) is 6.20 Å². The summed E-state index contributed by atoms with van der Waals surface area (Å²) in [4.78, 5) is 2.62.